The van der Waals surface area contributed by atoms with Crippen molar-refractivity contribution in [1.29, 1.82) is 0 Å². The van der Waals surface area contributed by atoms with Gasteiger partial charge in [0.1, 0.15) is 0 Å². The van der Waals surface area contributed by atoms with Crippen LogP contribution in [0.4, 0.5) is 0 Å². The van der Waals surface area contributed by atoms with Gasteiger partial charge in [-0.05, 0) is 0 Å². The highest BCUT2D eigenvalue weighted by Crippen LogP contribution is 2.74. The van der Waals surface area contributed by atoms with Gasteiger partial charge >= 0.3 is 0 Å². The van der Waals surface area contributed by atoms with Gasteiger partial charge in [-0.1, -0.05) is 41.5 Å². The van der Waals surface area contributed by atoms with E-state index >= 15 is 0 Å². The van der Waals surface area contributed by atoms with Crippen molar-refractivity contribution < 1.29 is 9.47 Å². The summed E-state index contributed by atoms with van der Waals surface area (Å²) in [5.41, 5.74) is 0.438. The summed E-state index contributed by atoms with van der Waals surface area (Å²) in [5.74, 6) is -0.324. The smallest absolute Gasteiger partial charge is 0.179 e. The van der Waals surface area contributed by atoms with Crippen LogP contribution >= 0.6 is 0 Å². The van der Waals surface area contributed by atoms with Crippen molar-refractivity contribution in [3.05, 3.63) is 0 Å². The lowest BCUT2D eigenvalue weighted by atomic mass is 9.95. The summed E-state index contributed by atoms with van der Waals surface area (Å²) in [4.78, 5) is 0. The Morgan fingerprint density at radius 2 is 1.07 bits per heavy atom. The van der Waals surface area contributed by atoms with Crippen LogP contribution in [0.3, 0.4) is 0 Å². The van der Waals surface area contributed by atoms with Crippen molar-refractivity contribution in [2.45, 2.75) is 47.3 Å². The Hall–Kier alpha value is -0.0800. The SMILES string of the molecule is CC1(C)COC2(OC1)C(C)(C)C2(C)C. The molecule has 1 saturated carbocycles. The highest BCUT2D eigenvalue weighted by molar-refractivity contribution is 5.22. The Morgan fingerprint density at radius 1 is 0.714 bits per heavy atom. The molecular weight excluding hydrogens is 176 g/mol. The van der Waals surface area contributed by atoms with Crippen LogP contribution < -0.4 is 0 Å². The highest BCUT2D eigenvalue weighted by Gasteiger charge is 2.81. The van der Waals surface area contributed by atoms with Gasteiger partial charge in [-0.15, -0.1) is 0 Å². The molecule has 0 N–H and O–H groups in total. The molecule has 14 heavy (non-hydrogen) atoms. The molecule has 2 nitrogen and oxygen atoms in total. The maximum atomic E-state index is 6.00. The van der Waals surface area contributed by atoms with Crippen molar-refractivity contribution in [3.8, 4) is 0 Å². The molecule has 0 unspecified atom stereocenters. The van der Waals surface area contributed by atoms with Crippen molar-refractivity contribution >= 4 is 0 Å². The predicted octanol–water partition coefficient (Wildman–Crippen LogP) is 2.82. The fraction of sp³-hybridized carbons (Fsp3) is 1.00. The van der Waals surface area contributed by atoms with E-state index in [4.69, 9.17) is 9.47 Å². The van der Waals surface area contributed by atoms with Crippen LogP contribution in [-0.2, 0) is 9.47 Å². The van der Waals surface area contributed by atoms with E-state index in [1.54, 1.807) is 0 Å². The summed E-state index contributed by atoms with van der Waals surface area (Å²) in [6.45, 7) is 14.9. The molecule has 1 spiro atoms. The summed E-state index contributed by atoms with van der Waals surface area (Å²) in [7, 11) is 0. The predicted molar refractivity (Wildman–Crippen MR) is 56.0 cm³/mol. The molecule has 1 saturated heterocycles. The van der Waals surface area contributed by atoms with E-state index in [2.05, 4.69) is 41.5 Å². The fourth-order valence-electron chi connectivity index (χ4n) is 2.61. The Labute approximate surface area is 87.0 Å². The van der Waals surface area contributed by atoms with E-state index in [1.807, 2.05) is 0 Å². The minimum atomic E-state index is -0.324. The Kier molecular flexibility index (Phi) is 1.76. The zero-order valence-corrected chi connectivity index (χ0v) is 10.2. The van der Waals surface area contributed by atoms with Gasteiger partial charge in [0.25, 0.3) is 0 Å². The molecule has 0 bridgehead atoms. The first-order valence-electron chi connectivity index (χ1n) is 5.44. The third-order valence-corrected chi connectivity index (χ3v) is 4.48. The van der Waals surface area contributed by atoms with E-state index in [-0.39, 0.29) is 22.0 Å². The standard InChI is InChI=1S/C12H22O2/c1-9(2)7-13-12(14-8-9)10(3,4)11(12,5)6/h7-8H2,1-6H3. The first kappa shape index (κ1) is 10.4. The molecule has 0 radical (unpaired) electrons. The maximum Gasteiger partial charge on any atom is 0.179 e. The second-order valence-corrected chi connectivity index (χ2v) is 6.61. The van der Waals surface area contributed by atoms with Crippen molar-refractivity contribution in [2.75, 3.05) is 13.2 Å². The van der Waals surface area contributed by atoms with Gasteiger partial charge in [-0.25, -0.2) is 0 Å². The van der Waals surface area contributed by atoms with Crippen LogP contribution in [0.1, 0.15) is 41.5 Å². The van der Waals surface area contributed by atoms with Gasteiger partial charge in [0, 0.05) is 16.2 Å². The number of hydrogen-bond donors (Lipinski definition) is 0. The molecule has 0 amide bonds. The van der Waals surface area contributed by atoms with Crippen LogP contribution in [0.25, 0.3) is 0 Å². The monoisotopic (exact) mass is 198 g/mol. The Balaban J connectivity index is 2.17. The van der Waals surface area contributed by atoms with Crippen LogP contribution in [0.15, 0.2) is 0 Å². The molecule has 1 aliphatic heterocycles. The summed E-state index contributed by atoms with van der Waals surface area (Å²) < 4.78 is 12.0. The van der Waals surface area contributed by atoms with Gasteiger partial charge in [0.15, 0.2) is 5.79 Å². The lowest BCUT2D eigenvalue weighted by molar-refractivity contribution is -0.269. The van der Waals surface area contributed by atoms with E-state index in [0.717, 1.165) is 13.2 Å². The van der Waals surface area contributed by atoms with E-state index < -0.39 is 0 Å². The topological polar surface area (TPSA) is 18.5 Å². The van der Waals surface area contributed by atoms with Gasteiger partial charge in [-0.3, -0.25) is 0 Å². The molecule has 0 aromatic rings. The Morgan fingerprint density at radius 3 is 1.36 bits per heavy atom. The molecule has 0 aromatic heterocycles. The third-order valence-electron chi connectivity index (χ3n) is 4.48. The summed E-state index contributed by atoms with van der Waals surface area (Å²) in [5, 5.41) is 0. The number of hydrogen-bond acceptors (Lipinski definition) is 2. The summed E-state index contributed by atoms with van der Waals surface area (Å²) >= 11 is 0. The highest BCUT2D eigenvalue weighted by atomic mass is 16.7. The normalized spacial score (nSPS) is 35.6. The average molecular weight is 198 g/mol. The second kappa shape index (κ2) is 2.35. The molecule has 0 aromatic carbocycles. The first-order chi connectivity index (χ1) is 6.16. The molecule has 82 valence electrons. The molecule has 1 aliphatic carbocycles. The van der Waals surface area contributed by atoms with Gasteiger partial charge < -0.3 is 9.47 Å². The van der Waals surface area contributed by atoms with Crippen LogP contribution in [0.5, 0.6) is 0 Å². The molecular formula is C12H22O2. The fourth-order valence-corrected chi connectivity index (χ4v) is 2.61. The molecule has 2 aliphatic rings. The second-order valence-electron chi connectivity index (χ2n) is 6.61. The molecule has 2 rings (SSSR count). The number of ether oxygens (including phenoxy) is 2. The lowest BCUT2D eigenvalue weighted by Gasteiger charge is -2.37. The minimum absolute atomic E-state index is 0.135. The largest absolute Gasteiger partial charge is 0.348 e. The molecule has 0 atom stereocenters. The van der Waals surface area contributed by atoms with Crippen LogP contribution in [0.2, 0.25) is 0 Å². The van der Waals surface area contributed by atoms with E-state index in [1.165, 1.54) is 0 Å². The Bertz CT molecular complexity index is 237. The van der Waals surface area contributed by atoms with Gasteiger partial charge in [0.05, 0.1) is 13.2 Å². The van der Waals surface area contributed by atoms with Crippen molar-refractivity contribution in [3.63, 3.8) is 0 Å². The van der Waals surface area contributed by atoms with Crippen molar-refractivity contribution in [1.82, 2.24) is 0 Å². The van der Waals surface area contributed by atoms with E-state index in [9.17, 15) is 0 Å². The quantitative estimate of drug-likeness (QED) is 0.596. The first-order valence-corrected chi connectivity index (χ1v) is 5.44. The summed E-state index contributed by atoms with van der Waals surface area (Å²) in [6, 6.07) is 0. The van der Waals surface area contributed by atoms with Gasteiger partial charge in [-0.2, -0.15) is 0 Å². The molecule has 2 fully saturated rings. The minimum Gasteiger partial charge on any atom is -0.348 e. The number of rotatable bonds is 0. The average Bonchev–Trinajstić information content (AvgIpc) is 2.34. The van der Waals surface area contributed by atoms with E-state index in [0.29, 0.717) is 0 Å². The molecule has 1 heterocycles. The zero-order valence-electron chi connectivity index (χ0n) is 10.2. The van der Waals surface area contributed by atoms with Gasteiger partial charge in [0.2, 0.25) is 0 Å². The van der Waals surface area contributed by atoms with Crippen LogP contribution in [0, 0.1) is 16.2 Å². The zero-order chi connectivity index (χ0) is 10.8. The van der Waals surface area contributed by atoms with Crippen molar-refractivity contribution in [2.24, 2.45) is 16.2 Å². The van der Waals surface area contributed by atoms with Crippen LogP contribution in [-0.4, -0.2) is 19.0 Å². The third kappa shape index (κ3) is 0.938. The summed E-state index contributed by atoms with van der Waals surface area (Å²) in [6.07, 6.45) is 0. The molecule has 2 heteroatoms. The lowest BCUT2D eigenvalue weighted by Crippen LogP contribution is -2.42. The maximum absolute atomic E-state index is 6.00.